The van der Waals surface area contributed by atoms with Crippen LogP contribution in [0.4, 0.5) is 4.39 Å². The zero-order chi connectivity index (χ0) is 20.3. The van der Waals surface area contributed by atoms with E-state index in [0.29, 0.717) is 10.9 Å². The molecule has 0 saturated heterocycles. The first kappa shape index (κ1) is 19.3. The maximum absolute atomic E-state index is 14.0. The first-order valence-corrected chi connectivity index (χ1v) is 8.86. The van der Waals surface area contributed by atoms with Gasteiger partial charge < -0.3 is 9.88 Å². The molecule has 2 aromatic carbocycles. The Balaban J connectivity index is 2.00. The third kappa shape index (κ3) is 3.64. The highest BCUT2D eigenvalue weighted by atomic mass is 19.1. The topological polar surface area (TPSA) is 75.2 Å². The summed E-state index contributed by atoms with van der Waals surface area (Å²) in [6, 6.07) is 10.8. The van der Waals surface area contributed by atoms with Crippen LogP contribution in [0.25, 0.3) is 10.9 Å². The van der Waals surface area contributed by atoms with Gasteiger partial charge in [0.25, 0.3) is 11.5 Å². The van der Waals surface area contributed by atoms with Crippen molar-refractivity contribution in [3.8, 4) is 0 Å². The Bertz CT molecular complexity index is 1160. The molecule has 144 valence electrons. The fourth-order valence-electron chi connectivity index (χ4n) is 3.06. The van der Waals surface area contributed by atoms with Gasteiger partial charge in [-0.3, -0.25) is 14.2 Å². The summed E-state index contributed by atoms with van der Waals surface area (Å²) >= 11 is 0. The lowest BCUT2D eigenvalue weighted by molar-refractivity contribution is 0.0761. The molecule has 0 unspecified atom stereocenters. The molecule has 0 aliphatic heterocycles. The lowest BCUT2D eigenvalue weighted by Gasteiger charge is -2.22. The number of hydrogen-bond donors (Lipinski definition) is 1. The Hall–Kier alpha value is -3.48. The fraction of sp³-hybridized carbons (Fsp3) is 0.190. The number of nitrogens with zero attached hydrogens (tertiary/aromatic N) is 2. The predicted molar refractivity (Wildman–Crippen MR) is 106 cm³/mol. The number of benzene rings is 2. The van der Waals surface area contributed by atoms with Crippen LogP contribution < -0.4 is 11.2 Å². The molecule has 1 aromatic heterocycles. The van der Waals surface area contributed by atoms with E-state index in [2.05, 4.69) is 11.6 Å². The first-order chi connectivity index (χ1) is 13.5. The molecule has 7 heteroatoms. The van der Waals surface area contributed by atoms with Crippen molar-refractivity contribution in [1.82, 2.24) is 14.5 Å². The van der Waals surface area contributed by atoms with Crippen LogP contribution in [0.5, 0.6) is 0 Å². The van der Waals surface area contributed by atoms with Crippen molar-refractivity contribution < 1.29 is 9.18 Å². The van der Waals surface area contributed by atoms with Gasteiger partial charge >= 0.3 is 5.69 Å². The average molecular weight is 381 g/mol. The zero-order valence-electron chi connectivity index (χ0n) is 15.4. The normalized spacial score (nSPS) is 10.8. The van der Waals surface area contributed by atoms with Gasteiger partial charge in [-0.15, -0.1) is 6.58 Å². The summed E-state index contributed by atoms with van der Waals surface area (Å²) in [4.78, 5) is 41.4. The van der Waals surface area contributed by atoms with E-state index in [9.17, 15) is 18.8 Å². The molecule has 0 spiro atoms. The first-order valence-electron chi connectivity index (χ1n) is 8.86. The van der Waals surface area contributed by atoms with Crippen molar-refractivity contribution in [2.24, 2.45) is 0 Å². The van der Waals surface area contributed by atoms with Crippen molar-refractivity contribution in [3.05, 3.63) is 92.9 Å². The number of aromatic nitrogens is 2. The zero-order valence-corrected chi connectivity index (χ0v) is 15.4. The van der Waals surface area contributed by atoms with E-state index in [1.54, 1.807) is 31.2 Å². The molecule has 0 atom stereocenters. The SMILES string of the molecule is C=CCN(Cc1ccccc1F)C(=O)c1ccc2c(=O)n(CC)c(=O)[nH]c2c1. The smallest absolute Gasteiger partial charge is 0.328 e. The largest absolute Gasteiger partial charge is 0.330 e. The number of carbonyl (C=O) groups is 1. The van der Waals surface area contributed by atoms with Crippen molar-refractivity contribution in [2.75, 3.05) is 6.54 Å². The second kappa shape index (κ2) is 8.04. The van der Waals surface area contributed by atoms with Crippen LogP contribution in [0, 0.1) is 5.82 Å². The molecule has 1 N–H and O–H groups in total. The summed E-state index contributed by atoms with van der Waals surface area (Å²) in [6.07, 6.45) is 1.56. The Morgan fingerprint density at radius 1 is 1.25 bits per heavy atom. The molecule has 0 saturated carbocycles. The molecule has 3 rings (SSSR count). The highest BCUT2D eigenvalue weighted by Gasteiger charge is 2.18. The van der Waals surface area contributed by atoms with E-state index < -0.39 is 17.1 Å². The van der Waals surface area contributed by atoms with E-state index in [0.717, 1.165) is 4.57 Å². The van der Waals surface area contributed by atoms with Gasteiger partial charge in [0.1, 0.15) is 5.82 Å². The molecule has 3 aromatic rings. The monoisotopic (exact) mass is 381 g/mol. The molecule has 0 aliphatic rings. The molecule has 28 heavy (non-hydrogen) atoms. The van der Waals surface area contributed by atoms with Crippen LogP contribution >= 0.6 is 0 Å². The van der Waals surface area contributed by atoms with Gasteiger partial charge in [0.2, 0.25) is 0 Å². The van der Waals surface area contributed by atoms with E-state index in [-0.39, 0.29) is 36.6 Å². The minimum atomic E-state index is -0.529. The van der Waals surface area contributed by atoms with Crippen LogP contribution in [0.3, 0.4) is 0 Å². The molecule has 1 heterocycles. The second-order valence-corrected chi connectivity index (χ2v) is 6.31. The Labute approximate surface area is 160 Å². The average Bonchev–Trinajstić information content (AvgIpc) is 2.68. The van der Waals surface area contributed by atoms with Gasteiger partial charge in [-0.2, -0.15) is 0 Å². The van der Waals surface area contributed by atoms with Gasteiger partial charge in [-0.05, 0) is 31.2 Å². The van der Waals surface area contributed by atoms with Crippen LogP contribution in [-0.2, 0) is 13.1 Å². The van der Waals surface area contributed by atoms with Crippen LogP contribution in [-0.4, -0.2) is 26.9 Å². The van der Waals surface area contributed by atoms with Crippen molar-refractivity contribution >= 4 is 16.8 Å². The maximum Gasteiger partial charge on any atom is 0.328 e. The number of hydrogen-bond acceptors (Lipinski definition) is 3. The summed E-state index contributed by atoms with van der Waals surface area (Å²) in [5.74, 6) is -0.752. The van der Waals surface area contributed by atoms with Gasteiger partial charge in [-0.1, -0.05) is 24.3 Å². The van der Waals surface area contributed by atoms with Gasteiger partial charge in [0.15, 0.2) is 0 Å². The summed E-state index contributed by atoms with van der Waals surface area (Å²) in [5, 5.41) is 0.322. The number of carbonyl (C=O) groups excluding carboxylic acids is 1. The lowest BCUT2D eigenvalue weighted by atomic mass is 10.1. The Morgan fingerprint density at radius 2 is 2.00 bits per heavy atom. The van der Waals surface area contributed by atoms with E-state index in [1.165, 1.54) is 29.2 Å². The fourth-order valence-corrected chi connectivity index (χ4v) is 3.06. The lowest BCUT2D eigenvalue weighted by Crippen LogP contribution is -2.34. The van der Waals surface area contributed by atoms with Crippen LogP contribution in [0.2, 0.25) is 0 Å². The number of rotatable bonds is 6. The highest BCUT2D eigenvalue weighted by molar-refractivity contribution is 5.97. The van der Waals surface area contributed by atoms with Gasteiger partial charge in [0, 0.05) is 30.8 Å². The third-order valence-corrected chi connectivity index (χ3v) is 4.50. The third-order valence-electron chi connectivity index (χ3n) is 4.50. The second-order valence-electron chi connectivity index (χ2n) is 6.31. The van der Waals surface area contributed by atoms with Crippen molar-refractivity contribution in [1.29, 1.82) is 0 Å². The number of fused-ring (bicyclic) bond motifs is 1. The summed E-state index contributed by atoms with van der Waals surface area (Å²) in [5.41, 5.74) is 0.0242. The number of nitrogens with one attached hydrogen (secondary N) is 1. The summed E-state index contributed by atoms with van der Waals surface area (Å²) < 4.78 is 15.1. The quantitative estimate of drug-likeness (QED) is 0.667. The molecular weight excluding hydrogens is 361 g/mol. The van der Waals surface area contributed by atoms with Crippen molar-refractivity contribution in [3.63, 3.8) is 0 Å². The Morgan fingerprint density at radius 3 is 2.68 bits per heavy atom. The van der Waals surface area contributed by atoms with Crippen LogP contribution in [0.15, 0.2) is 64.7 Å². The summed E-state index contributed by atoms with van der Waals surface area (Å²) in [7, 11) is 0. The van der Waals surface area contributed by atoms with Gasteiger partial charge in [-0.25, -0.2) is 9.18 Å². The standard InChI is InChI=1S/C21H20FN3O3/c1-3-11-24(13-15-7-5-6-8-17(15)22)19(26)14-9-10-16-18(12-14)23-21(28)25(4-2)20(16)27/h3,5-10,12H,1,4,11,13H2,2H3,(H,23,28). The number of aromatic amines is 1. The molecule has 1 amide bonds. The molecule has 0 bridgehead atoms. The van der Waals surface area contributed by atoms with Crippen LogP contribution in [0.1, 0.15) is 22.8 Å². The molecule has 0 aliphatic carbocycles. The number of amides is 1. The molecule has 0 fully saturated rings. The Kier molecular flexibility index (Phi) is 5.54. The molecule has 0 radical (unpaired) electrons. The minimum Gasteiger partial charge on any atom is -0.330 e. The highest BCUT2D eigenvalue weighted by Crippen LogP contribution is 2.15. The van der Waals surface area contributed by atoms with Gasteiger partial charge in [0.05, 0.1) is 10.9 Å². The number of H-pyrrole nitrogens is 1. The number of halogens is 1. The van der Waals surface area contributed by atoms with Crippen molar-refractivity contribution in [2.45, 2.75) is 20.0 Å². The van der Waals surface area contributed by atoms with E-state index in [1.807, 2.05) is 0 Å². The predicted octanol–water partition coefficient (Wildman–Crippen LogP) is 2.68. The minimum absolute atomic E-state index is 0.0729. The van der Waals surface area contributed by atoms with E-state index in [4.69, 9.17) is 0 Å². The maximum atomic E-state index is 14.0. The molecule has 6 nitrogen and oxygen atoms in total. The van der Waals surface area contributed by atoms with E-state index >= 15 is 0 Å². The summed E-state index contributed by atoms with van der Waals surface area (Å²) in [6.45, 7) is 5.90. The molecular formula is C21H20FN3O3.